The summed E-state index contributed by atoms with van der Waals surface area (Å²) in [7, 11) is 1.98. The summed E-state index contributed by atoms with van der Waals surface area (Å²) in [5, 5.41) is 4.51. The average molecular weight is 317 g/mol. The van der Waals surface area contributed by atoms with Gasteiger partial charge in [-0.15, -0.1) is 0 Å². The minimum Gasteiger partial charge on any atom is -0.336 e. The fourth-order valence-corrected chi connectivity index (χ4v) is 4.81. The van der Waals surface area contributed by atoms with Crippen LogP contribution in [0.2, 0.25) is 0 Å². The maximum absolute atomic E-state index is 13.3. The lowest BCUT2D eigenvalue weighted by molar-refractivity contribution is -0.139. The van der Waals surface area contributed by atoms with Gasteiger partial charge in [0, 0.05) is 36.8 Å². The third-order valence-corrected chi connectivity index (χ3v) is 6.29. The van der Waals surface area contributed by atoms with Gasteiger partial charge in [-0.3, -0.25) is 9.48 Å². The van der Waals surface area contributed by atoms with E-state index >= 15 is 0 Å². The van der Waals surface area contributed by atoms with E-state index in [2.05, 4.69) is 30.8 Å². The molecule has 0 aromatic carbocycles. The number of rotatable bonds is 4. The van der Waals surface area contributed by atoms with Crippen molar-refractivity contribution in [2.24, 2.45) is 24.8 Å². The van der Waals surface area contributed by atoms with Crippen molar-refractivity contribution in [3.8, 4) is 0 Å². The monoisotopic (exact) mass is 317 g/mol. The van der Waals surface area contributed by atoms with Gasteiger partial charge in [-0.05, 0) is 58.8 Å². The molecule has 0 radical (unpaired) electrons. The molecule has 4 nitrogen and oxygen atoms in total. The van der Waals surface area contributed by atoms with Crippen LogP contribution < -0.4 is 0 Å². The Morgan fingerprint density at radius 3 is 2.61 bits per heavy atom. The number of hydrogen-bond donors (Lipinski definition) is 0. The van der Waals surface area contributed by atoms with Crippen molar-refractivity contribution in [2.45, 2.75) is 72.4 Å². The van der Waals surface area contributed by atoms with Crippen molar-refractivity contribution in [1.29, 1.82) is 0 Å². The molecule has 4 heteroatoms. The summed E-state index contributed by atoms with van der Waals surface area (Å²) in [5.74, 6) is 2.12. The molecule has 3 atom stereocenters. The molecular formula is C19H31N3O. The maximum Gasteiger partial charge on any atom is 0.226 e. The van der Waals surface area contributed by atoms with Gasteiger partial charge in [0.2, 0.25) is 5.91 Å². The average Bonchev–Trinajstić information content (AvgIpc) is 3.13. The predicted octanol–water partition coefficient (Wildman–Crippen LogP) is 3.60. The van der Waals surface area contributed by atoms with Crippen LogP contribution in [0.1, 0.15) is 62.9 Å². The third-order valence-electron chi connectivity index (χ3n) is 6.29. The Morgan fingerprint density at radius 2 is 2.00 bits per heavy atom. The van der Waals surface area contributed by atoms with Gasteiger partial charge in [0.25, 0.3) is 0 Å². The fraction of sp³-hybridized carbons (Fsp3) is 0.789. The molecule has 0 N–H and O–H groups in total. The van der Waals surface area contributed by atoms with E-state index in [-0.39, 0.29) is 12.0 Å². The number of aromatic nitrogens is 2. The highest BCUT2D eigenvalue weighted by Gasteiger charge is 2.44. The molecule has 2 aliphatic rings. The molecule has 0 aliphatic heterocycles. The van der Waals surface area contributed by atoms with E-state index in [1.165, 1.54) is 36.9 Å². The molecule has 0 unspecified atom stereocenters. The molecule has 1 aromatic rings. The first kappa shape index (κ1) is 16.5. The summed E-state index contributed by atoms with van der Waals surface area (Å²) in [6.45, 7) is 9.13. The van der Waals surface area contributed by atoms with E-state index in [1.807, 2.05) is 18.7 Å². The normalized spacial score (nSPS) is 26.8. The lowest BCUT2D eigenvalue weighted by Crippen LogP contribution is -2.41. The van der Waals surface area contributed by atoms with Crippen molar-refractivity contribution in [3.05, 3.63) is 17.0 Å². The summed E-state index contributed by atoms with van der Waals surface area (Å²) in [6.07, 6.45) is 6.29. The van der Waals surface area contributed by atoms with Gasteiger partial charge >= 0.3 is 0 Å². The van der Waals surface area contributed by atoms with Gasteiger partial charge in [0.1, 0.15) is 0 Å². The molecule has 1 amide bonds. The molecule has 0 spiro atoms. The number of hydrogen-bond acceptors (Lipinski definition) is 2. The lowest BCUT2D eigenvalue weighted by Gasteiger charge is -2.31. The van der Waals surface area contributed by atoms with E-state index in [0.29, 0.717) is 18.4 Å². The van der Waals surface area contributed by atoms with Gasteiger partial charge < -0.3 is 4.90 Å². The quantitative estimate of drug-likeness (QED) is 0.851. The van der Waals surface area contributed by atoms with Crippen LogP contribution in [-0.2, 0) is 18.4 Å². The summed E-state index contributed by atoms with van der Waals surface area (Å²) in [6, 6.07) is 0.238. The Balaban J connectivity index is 1.80. The molecule has 128 valence electrons. The van der Waals surface area contributed by atoms with Crippen LogP contribution >= 0.6 is 0 Å². The van der Waals surface area contributed by atoms with Gasteiger partial charge in [0.05, 0.1) is 5.69 Å². The zero-order valence-electron chi connectivity index (χ0n) is 15.3. The van der Waals surface area contributed by atoms with E-state index in [0.717, 1.165) is 18.0 Å². The second kappa shape index (κ2) is 6.29. The van der Waals surface area contributed by atoms with Crippen LogP contribution in [0, 0.1) is 31.6 Å². The van der Waals surface area contributed by atoms with Gasteiger partial charge in [-0.2, -0.15) is 5.10 Å². The van der Waals surface area contributed by atoms with Crippen molar-refractivity contribution in [1.82, 2.24) is 14.7 Å². The minimum atomic E-state index is 0.238. The number of fused-ring (bicyclic) bond motifs is 1. The van der Waals surface area contributed by atoms with Crippen LogP contribution in [0.15, 0.2) is 0 Å². The molecule has 3 rings (SSSR count). The smallest absolute Gasteiger partial charge is 0.226 e. The van der Waals surface area contributed by atoms with Gasteiger partial charge in [-0.25, -0.2) is 0 Å². The Hall–Kier alpha value is -1.32. The topological polar surface area (TPSA) is 38.1 Å². The van der Waals surface area contributed by atoms with Crippen LogP contribution in [-0.4, -0.2) is 26.6 Å². The fourth-order valence-electron chi connectivity index (χ4n) is 4.81. The first-order valence-corrected chi connectivity index (χ1v) is 9.19. The molecule has 1 aromatic heterocycles. The molecule has 0 bridgehead atoms. The van der Waals surface area contributed by atoms with E-state index in [9.17, 15) is 4.79 Å². The highest BCUT2D eigenvalue weighted by molar-refractivity contribution is 5.80. The summed E-state index contributed by atoms with van der Waals surface area (Å²) in [4.78, 5) is 15.4. The van der Waals surface area contributed by atoms with E-state index in [4.69, 9.17) is 0 Å². The molecule has 2 saturated carbocycles. The molecule has 2 fully saturated rings. The van der Waals surface area contributed by atoms with Gasteiger partial charge in [0.15, 0.2) is 0 Å². The van der Waals surface area contributed by atoms with Crippen LogP contribution in [0.5, 0.6) is 0 Å². The van der Waals surface area contributed by atoms with E-state index < -0.39 is 0 Å². The SMILES string of the molecule is Cc1nn(C)c(C)c1CN(C(=O)[C@H]1CC[C@@H]2CCC[C@@H]21)C(C)C. The molecular weight excluding hydrogens is 286 g/mol. The number of carbonyl (C=O) groups excluding carboxylic acids is 1. The molecule has 1 heterocycles. The molecule has 23 heavy (non-hydrogen) atoms. The first-order valence-electron chi connectivity index (χ1n) is 9.19. The summed E-state index contributed by atoms with van der Waals surface area (Å²) in [5.41, 5.74) is 3.44. The Bertz CT molecular complexity index is 590. The second-order valence-electron chi connectivity index (χ2n) is 7.87. The second-order valence-corrected chi connectivity index (χ2v) is 7.87. The standard InChI is InChI=1S/C19H31N3O/c1-12(2)22(11-18-13(3)20-21(5)14(18)4)19(23)17-10-9-15-7-6-8-16(15)17/h12,15-17H,6-11H2,1-5H3/t15-,16-,17-/m0/s1. The Morgan fingerprint density at radius 1 is 1.26 bits per heavy atom. The summed E-state index contributed by atoms with van der Waals surface area (Å²) < 4.78 is 1.93. The highest BCUT2D eigenvalue weighted by atomic mass is 16.2. The minimum absolute atomic E-state index is 0.238. The summed E-state index contributed by atoms with van der Waals surface area (Å²) >= 11 is 0. The van der Waals surface area contributed by atoms with Crippen molar-refractivity contribution >= 4 is 5.91 Å². The lowest BCUT2D eigenvalue weighted by atomic mass is 9.90. The van der Waals surface area contributed by atoms with Gasteiger partial charge in [-0.1, -0.05) is 12.8 Å². The molecule has 0 saturated heterocycles. The van der Waals surface area contributed by atoms with E-state index in [1.54, 1.807) is 0 Å². The number of amides is 1. The Kier molecular flexibility index (Phi) is 4.52. The maximum atomic E-state index is 13.3. The molecule has 2 aliphatic carbocycles. The van der Waals surface area contributed by atoms with Crippen LogP contribution in [0.4, 0.5) is 0 Å². The van der Waals surface area contributed by atoms with Crippen molar-refractivity contribution < 1.29 is 4.79 Å². The van der Waals surface area contributed by atoms with Crippen LogP contribution in [0.3, 0.4) is 0 Å². The number of nitrogens with zero attached hydrogens (tertiary/aromatic N) is 3. The Labute approximate surface area is 140 Å². The van der Waals surface area contributed by atoms with Crippen molar-refractivity contribution in [2.75, 3.05) is 0 Å². The van der Waals surface area contributed by atoms with Crippen LogP contribution in [0.25, 0.3) is 0 Å². The number of aryl methyl sites for hydroxylation is 2. The highest BCUT2D eigenvalue weighted by Crippen LogP contribution is 2.48. The zero-order chi connectivity index (χ0) is 16.7. The zero-order valence-corrected chi connectivity index (χ0v) is 15.3. The first-order chi connectivity index (χ1) is 10.9. The predicted molar refractivity (Wildman–Crippen MR) is 91.9 cm³/mol. The number of carbonyl (C=O) groups is 1. The largest absolute Gasteiger partial charge is 0.336 e. The third kappa shape index (κ3) is 2.92. The van der Waals surface area contributed by atoms with Crippen molar-refractivity contribution in [3.63, 3.8) is 0 Å².